The molecule has 0 aliphatic heterocycles. The molecule has 0 bridgehead atoms. The van der Waals surface area contributed by atoms with Crippen LogP contribution in [0, 0.1) is 6.92 Å². The van der Waals surface area contributed by atoms with Crippen molar-refractivity contribution in [2.45, 2.75) is 16.7 Å². The average molecular weight is 587 g/mol. The summed E-state index contributed by atoms with van der Waals surface area (Å²) in [6.45, 7) is 1.63. The van der Waals surface area contributed by atoms with Crippen LogP contribution in [0.25, 0.3) is 0 Å². The van der Waals surface area contributed by atoms with Crippen LogP contribution in [0.1, 0.15) is 5.56 Å². The fourth-order valence-electron chi connectivity index (χ4n) is 2.27. The van der Waals surface area contributed by atoms with Crippen molar-refractivity contribution in [3.8, 4) is 0 Å². The fourth-order valence-corrected chi connectivity index (χ4v) is 8.87. The molecule has 0 radical (unpaired) electrons. The van der Waals surface area contributed by atoms with E-state index in [0.29, 0.717) is 5.56 Å². The Morgan fingerprint density at radius 1 is 0.700 bits per heavy atom. The molecule has 2 N–H and O–H groups in total. The SMILES string of the molecule is Cc1cc(NS(=O)(=O)c2cc(Cl)sc2Cl)c(NS(=O)(=O)c2cc(Cl)sc2Cl)cc1Cl. The van der Waals surface area contributed by atoms with E-state index in [-0.39, 0.29) is 43.5 Å². The lowest BCUT2D eigenvalue weighted by molar-refractivity contribution is 0.599. The fraction of sp³-hybridized carbons (Fsp3) is 0.0667. The Hall–Kier alpha value is -0.430. The molecule has 30 heavy (non-hydrogen) atoms. The molecule has 0 spiro atoms. The second-order valence-electron chi connectivity index (χ2n) is 5.73. The number of anilines is 2. The van der Waals surface area contributed by atoms with Crippen molar-refractivity contribution in [1.82, 2.24) is 0 Å². The van der Waals surface area contributed by atoms with Gasteiger partial charge in [-0.3, -0.25) is 9.44 Å². The minimum Gasteiger partial charge on any atom is -0.277 e. The molecule has 162 valence electrons. The molecule has 0 saturated heterocycles. The molecule has 6 nitrogen and oxygen atoms in total. The number of hydrogen-bond donors (Lipinski definition) is 2. The van der Waals surface area contributed by atoms with Gasteiger partial charge in [0.15, 0.2) is 0 Å². The van der Waals surface area contributed by atoms with Crippen molar-refractivity contribution in [3.05, 3.63) is 52.2 Å². The van der Waals surface area contributed by atoms with Crippen molar-refractivity contribution in [1.29, 1.82) is 0 Å². The zero-order valence-electron chi connectivity index (χ0n) is 14.5. The van der Waals surface area contributed by atoms with E-state index in [1.165, 1.54) is 24.3 Å². The normalized spacial score (nSPS) is 12.2. The van der Waals surface area contributed by atoms with Crippen molar-refractivity contribution < 1.29 is 16.8 Å². The largest absolute Gasteiger partial charge is 0.277 e. The van der Waals surface area contributed by atoms with Gasteiger partial charge in [-0.05, 0) is 36.8 Å². The smallest absolute Gasteiger partial charge is 0.264 e. The van der Waals surface area contributed by atoms with Crippen LogP contribution in [-0.4, -0.2) is 16.8 Å². The van der Waals surface area contributed by atoms with Crippen molar-refractivity contribution >= 4 is 112 Å². The molecule has 3 rings (SSSR count). The first-order chi connectivity index (χ1) is 13.8. The van der Waals surface area contributed by atoms with Crippen LogP contribution >= 0.6 is 80.7 Å². The zero-order valence-corrected chi connectivity index (χ0v) is 21.5. The highest BCUT2D eigenvalue weighted by atomic mass is 35.5. The first-order valence-corrected chi connectivity index (χ1v) is 14.0. The van der Waals surface area contributed by atoms with Crippen molar-refractivity contribution in [3.63, 3.8) is 0 Å². The van der Waals surface area contributed by atoms with Gasteiger partial charge in [-0.2, -0.15) is 0 Å². The van der Waals surface area contributed by atoms with E-state index < -0.39 is 20.0 Å². The van der Waals surface area contributed by atoms with Crippen LogP contribution in [0.4, 0.5) is 11.4 Å². The summed E-state index contributed by atoms with van der Waals surface area (Å²) >= 11 is 31.4. The van der Waals surface area contributed by atoms with Crippen molar-refractivity contribution in [2.24, 2.45) is 0 Å². The second kappa shape index (κ2) is 8.84. The minimum atomic E-state index is -4.19. The molecule has 0 aliphatic carbocycles. The minimum absolute atomic E-state index is 0.0417. The molecule has 0 aliphatic rings. The number of benzene rings is 1. The topological polar surface area (TPSA) is 92.3 Å². The summed E-state index contributed by atoms with van der Waals surface area (Å²) in [5.41, 5.74) is 0.310. The van der Waals surface area contributed by atoms with E-state index in [0.717, 1.165) is 22.7 Å². The van der Waals surface area contributed by atoms with Crippen LogP contribution in [0.15, 0.2) is 34.1 Å². The van der Waals surface area contributed by atoms with Crippen LogP contribution in [0.5, 0.6) is 0 Å². The van der Waals surface area contributed by atoms with Gasteiger partial charge in [0.2, 0.25) is 0 Å². The second-order valence-corrected chi connectivity index (χ2v) is 14.0. The third-order valence-electron chi connectivity index (χ3n) is 3.62. The van der Waals surface area contributed by atoms with Crippen LogP contribution in [-0.2, 0) is 20.0 Å². The molecule has 15 heteroatoms. The Labute approximate surface area is 205 Å². The maximum atomic E-state index is 12.8. The summed E-state index contributed by atoms with van der Waals surface area (Å²) in [7, 11) is -8.37. The lowest BCUT2D eigenvalue weighted by Gasteiger charge is -2.16. The average Bonchev–Trinajstić information content (AvgIpc) is 3.13. The van der Waals surface area contributed by atoms with Gasteiger partial charge >= 0.3 is 0 Å². The number of nitrogens with one attached hydrogen (secondary N) is 2. The Kier molecular flexibility index (Phi) is 7.13. The van der Waals surface area contributed by atoms with Gasteiger partial charge in [0.1, 0.15) is 18.5 Å². The van der Waals surface area contributed by atoms with E-state index in [4.69, 9.17) is 58.0 Å². The quantitative estimate of drug-likeness (QED) is 0.326. The van der Waals surface area contributed by atoms with Gasteiger partial charge in [-0.25, -0.2) is 16.8 Å². The first kappa shape index (κ1) is 24.2. The van der Waals surface area contributed by atoms with Crippen molar-refractivity contribution in [2.75, 3.05) is 9.44 Å². The van der Waals surface area contributed by atoms with Crippen LogP contribution in [0.3, 0.4) is 0 Å². The number of halogens is 5. The molecule has 0 amide bonds. The van der Waals surface area contributed by atoms with Gasteiger partial charge in [0.05, 0.1) is 20.0 Å². The summed E-state index contributed by atoms with van der Waals surface area (Å²) in [5.74, 6) is 0. The Bertz CT molecular complexity index is 1250. The maximum Gasteiger partial charge on any atom is 0.264 e. The number of thiophene rings is 2. The highest BCUT2D eigenvalue weighted by Gasteiger charge is 2.26. The third-order valence-corrected chi connectivity index (χ3v) is 10.3. The van der Waals surface area contributed by atoms with Crippen LogP contribution in [0.2, 0.25) is 22.4 Å². The van der Waals surface area contributed by atoms with Gasteiger partial charge < -0.3 is 0 Å². The number of hydrogen-bond acceptors (Lipinski definition) is 6. The molecule has 0 fully saturated rings. The summed E-state index contributed by atoms with van der Waals surface area (Å²) in [6, 6.07) is 5.03. The van der Waals surface area contributed by atoms with E-state index in [2.05, 4.69) is 9.44 Å². The lowest BCUT2D eigenvalue weighted by atomic mass is 10.2. The molecule has 0 unspecified atom stereocenters. The van der Waals surface area contributed by atoms with Gasteiger partial charge in [0, 0.05) is 5.02 Å². The van der Waals surface area contributed by atoms with Gasteiger partial charge in [0.25, 0.3) is 20.0 Å². The summed E-state index contributed by atoms with van der Waals surface area (Å²) in [4.78, 5) is -0.495. The van der Waals surface area contributed by atoms with E-state index >= 15 is 0 Å². The Morgan fingerprint density at radius 2 is 1.10 bits per heavy atom. The summed E-state index contributed by atoms with van der Waals surface area (Å²) in [5, 5.41) is 0.210. The monoisotopic (exact) mass is 584 g/mol. The molecule has 1 aromatic carbocycles. The molecule has 3 aromatic rings. The van der Waals surface area contributed by atoms with Gasteiger partial charge in [-0.1, -0.05) is 58.0 Å². The molecule has 2 heterocycles. The predicted molar refractivity (Wildman–Crippen MR) is 126 cm³/mol. The molecular weight excluding hydrogens is 578 g/mol. The maximum absolute atomic E-state index is 12.8. The Morgan fingerprint density at radius 3 is 1.47 bits per heavy atom. The van der Waals surface area contributed by atoms with Gasteiger partial charge in [-0.15, -0.1) is 22.7 Å². The standard InChI is InChI=1S/C15H9Cl5N2O4S4/c1-6-2-8(21-29(23,24)10-4-12(17)27-14(10)19)9(3-7(6)16)22-30(25,26)11-5-13(18)28-15(11)20/h2-5,21-22H,1H3. The lowest BCUT2D eigenvalue weighted by Crippen LogP contribution is -2.17. The summed E-state index contributed by atoms with van der Waals surface area (Å²) < 4.78 is 56.0. The number of aryl methyl sites for hydroxylation is 1. The zero-order chi connectivity index (χ0) is 22.4. The third kappa shape index (κ3) is 5.13. The molecule has 2 aromatic heterocycles. The molecular formula is C15H9Cl5N2O4S4. The van der Waals surface area contributed by atoms with E-state index in [1.807, 2.05) is 0 Å². The highest BCUT2D eigenvalue weighted by Crippen LogP contribution is 2.39. The molecule has 0 saturated carbocycles. The predicted octanol–water partition coefficient (Wildman–Crippen LogP) is 6.99. The number of rotatable bonds is 6. The van der Waals surface area contributed by atoms with Crippen LogP contribution < -0.4 is 9.44 Å². The number of sulfonamides is 2. The Balaban J connectivity index is 2.06. The van der Waals surface area contributed by atoms with E-state index in [1.54, 1.807) is 6.92 Å². The summed E-state index contributed by atoms with van der Waals surface area (Å²) in [6.07, 6.45) is 0. The highest BCUT2D eigenvalue weighted by molar-refractivity contribution is 7.93. The molecule has 0 atom stereocenters. The van der Waals surface area contributed by atoms with E-state index in [9.17, 15) is 16.8 Å². The first-order valence-electron chi connectivity index (χ1n) is 7.55.